The standard InChI is InChI=1S/C20H25N3O3/c1-4-21-20(25)15-7-5-9-17(11-15)23-19(24)13-22-16-8-6-10-18(12-16)26-14(2)3/h5-12,14,22H,4,13H2,1-3H3,(H,21,25)(H,23,24). The van der Waals surface area contributed by atoms with Crippen molar-refractivity contribution < 1.29 is 14.3 Å². The average molecular weight is 355 g/mol. The van der Waals surface area contributed by atoms with Crippen molar-refractivity contribution in [2.75, 3.05) is 23.7 Å². The number of hydrogen-bond acceptors (Lipinski definition) is 4. The Bertz CT molecular complexity index is 759. The fraction of sp³-hybridized carbons (Fsp3) is 0.300. The lowest BCUT2D eigenvalue weighted by Crippen LogP contribution is -2.24. The first kappa shape index (κ1) is 19.3. The van der Waals surface area contributed by atoms with Crippen LogP contribution in [0.1, 0.15) is 31.1 Å². The smallest absolute Gasteiger partial charge is 0.251 e. The highest BCUT2D eigenvalue weighted by molar-refractivity contribution is 5.98. The first-order valence-corrected chi connectivity index (χ1v) is 8.66. The van der Waals surface area contributed by atoms with Gasteiger partial charge in [-0.1, -0.05) is 12.1 Å². The zero-order chi connectivity index (χ0) is 18.9. The van der Waals surface area contributed by atoms with Crippen LogP contribution in [0.2, 0.25) is 0 Å². The molecule has 0 aliphatic carbocycles. The lowest BCUT2D eigenvalue weighted by molar-refractivity contribution is -0.114. The van der Waals surface area contributed by atoms with Gasteiger partial charge in [-0.3, -0.25) is 9.59 Å². The second kappa shape index (κ2) is 9.46. The molecule has 2 rings (SSSR count). The molecule has 2 aromatic rings. The second-order valence-corrected chi connectivity index (χ2v) is 6.04. The van der Waals surface area contributed by atoms with Crippen molar-refractivity contribution in [3.8, 4) is 5.75 Å². The van der Waals surface area contributed by atoms with Gasteiger partial charge in [0.15, 0.2) is 0 Å². The molecule has 2 aromatic carbocycles. The van der Waals surface area contributed by atoms with Crippen molar-refractivity contribution in [2.24, 2.45) is 0 Å². The van der Waals surface area contributed by atoms with E-state index in [2.05, 4.69) is 16.0 Å². The largest absolute Gasteiger partial charge is 0.491 e. The van der Waals surface area contributed by atoms with Gasteiger partial charge in [0.05, 0.1) is 12.6 Å². The van der Waals surface area contributed by atoms with Crippen LogP contribution in [0.4, 0.5) is 11.4 Å². The van der Waals surface area contributed by atoms with Crippen LogP contribution < -0.4 is 20.7 Å². The van der Waals surface area contributed by atoms with Crippen molar-refractivity contribution >= 4 is 23.2 Å². The molecule has 0 atom stereocenters. The van der Waals surface area contributed by atoms with Gasteiger partial charge in [0, 0.05) is 29.5 Å². The second-order valence-electron chi connectivity index (χ2n) is 6.04. The van der Waals surface area contributed by atoms with E-state index in [1.807, 2.05) is 45.0 Å². The highest BCUT2D eigenvalue weighted by atomic mass is 16.5. The van der Waals surface area contributed by atoms with Crippen molar-refractivity contribution in [3.63, 3.8) is 0 Å². The maximum absolute atomic E-state index is 12.1. The molecule has 6 heteroatoms. The predicted octanol–water partition coefficient (Wildman–Crippen LogP) is 3.27. The van der Waals surface area contributed by atoms with Crippen molar-refractivity contribution in [3.05, 3.63) is 54.1 Å². The summed E-state index contributed by atoms with van der Waals surface area (Å²) in [5, 5.41) is 8.58. The third kappa shape index (κ3) is 6.12. The van der Waals surface area contributed by atoms with E-state index in [1.54, 1.807) is 24.3 Å². The molecule has 0 unspecified atom stereocenters. The number of nitrogens with one attached hydrogen (secondary N) is 3. The fourth-order valence-corrected chi connectivity index (χ4v) is 2.34. The first-order chi connectivity index (χ1) is 12.5. The van der Waals surface area contributed by atoms with Gasteiger partial charge in [-0.25, -0.2) is 0 Å². The molecular weight excluding hydrogens is 330 g/mol. The maximum Gasteiger partial charge on any atom is 0.251 e. The highest BCUT2D eigenvalue weighted by Crippen LogP contribution is 2.18. The zero-order valence-corrected chi connectivity index (χ0v) is 15.3. The van der Waals surface area contributed by atoms with Crippen LogP contribution >= 0.6 is 0 Å². The Morgan fingerprint density at radius 1 is 1.04 bits per heavy atom. The van der Waals surface area contributed by atoms with E-state index in [0.29, 0.717) is 17.8 Å². The summed E-state index contributed by atoms with van der Waals surface area (Å²) in [4.78, 5) is 24.0. The Kier molecular flexibility index (Phi) is 7.02. The number of ether oxygens (including phenoxy) is 1. The molecular formula is C20H25N3O3. The number of amides is 2. The normalized spacial score (nSPS) is 10.3. The van der Waals surface area contributed by atoms with E-state index in [1.165, 1.54) is 0 Å². The van der Waals surface area contributed by atoms with Crippen LogP contribution in [0.25, 0.3) is 0 Å². The fourth-order valence-electron chi connectivity index (χ4n) is 2.34. The van der Waals surface area contributed by atoms with Gasteiger partial charge in [-0.2, -0.15) is 0 Å². The minimum absolute atomic E-state index is 0.0886. The number of hydrogen-bond donors (Lipinski definition) is 3. The molecule has 0 radical (unpaired) electrons. The number of benzene rings is 2. The Labute approximate surface area is 153 Å². The minimum atomic E-state index is -0.201. The number of rotatable bonds is 8. The predicted molar refractivity (Wildman–Crippen MR) is 104 cm³/mol. The number of carbonyl (C=O) groups excluding carboxylic acids is 2. The molecule has 0 heterocycles. The molecule has 0 saturated heterocycles. The first-order valence-electron chi connectivity index (χ1n) is 8.66. The molecule has 0 aliphatic heterocycles. The van der Waals surface area contributed by atoms with E-state index in [4.69, 9.17) is 4.74 Å². The van der Waals surface area contributed by atoms with Gasteiger partial charge in [-0.15, -0.1) is 0 Å². The molecule has 2 amide bonds. The summed E-state index contributed by atoms with van der Waals surface area (Å²) in [6.45, 7) is 6.44. The van der Waals surface area contributed by atoms with Crippen molar-refractivity contribution in [1.82, 2.24) is 5.32 Å². The molecule has 0 aromatic heterocycles. The molecule has 6 nitrogen and oxygen atoms in total. The van der Waals surface area contributed by atoms with Crippen LogP contribution in [-0.2, 0) is 4.79 Å². The van der Waals surface area contributed by atoms with E-state index < -0.39 is 0 Å². The van der Waals surface area contributed by atoms with E-state index in [0.717, 1.165) is 11.4 Å². The number of anilines is 2. The highest BCUT2D eigenvalue weighted by Gasteiger charge is 2.07. The SMILES string of the molecule is CCNC(=O)c1cccc(NC(=O)CNc2cccc(OC(C)C)c2)c1. The summed E-state index contributed by atoms with van der Waals surface area (Å²) in [5.74, 6) is 0.386. The van der Waals surface area contributed by atoms with Crippen LogP contribution in [0.3, 0.4) is 0 Å². The number of carbonyl (C=O) groups is 2. The Balaban J connectivity index is 1.91. The van der Waals surface area contributed by atoms with Gasteiger partial charge in [0.2, 0.25) is 5.91 Å². The zero-order valence-electron chi connectivity index (χ0n) is 15.3. The Morgan fingerprint density at radius 2 is 1.77 bits per heavy atom. The van der Waals surface area contributed by atoms with E-state index in [9.17, 15) is 9.59 Å². The summed E-state index contributed by atoms with van der Waals surface area (Å²) in [6, 6.07) is 14.3. The van der Waals surface area contributed by atoms with Gasteiger partial charge >= 0.3 is 0 Å². The molecule has 0 bridgehead atoms. The van der Waals surface area contributed by atoms with Crippen molar-refractivity contribution in [2.45, 2.75) is 26.9 Å². The minimum Gasteiger partial charge on any atom is -0.491 e. The summed E-state index contributed by atoms with van der Waals surface area (Å²) in [6.07, 6.45) is 0.0886. The Hall–Kier alpha value is -3.02. The third-order valence-corrected chi connectivity index (χ3v) is 3.40. The maximum atomic E-state index is 12.1. The summed E-state index contributed by atoms with van der Waals surface area (Å²) >= 11 is 0. The van der Waals surface area contributed by atoms with E-state index in [-0.39, 0.29) is 24.5 Å². The molecule has 138 valence electrons. The van der Waals surface area contributed by atoms with Crippen molar-refractivity contribution in [1.29, 1.82) is 0 Å². The van der Waals surface area contributed by atoms with Gasteiger partial charge in [-0.05, 0) is 51.1 Å². The quantitative estimate of drug-likeness (QED) is 0.679. The Morgan fingerprint density at radius 3 is 2.50 bits per heavy atom. The lowest BCUT2D eigenvalue weighted by atomic mass is 10.2. The van der Waals surface area contributed by atoms with Crippen LogP contribution in [0, 0.1) is 0 Å². The van der Waals surface area contributed by atoms with Crippen LogP contribution in [0.15, 0.2) is 48.5 Å². The average Bonchev–Trinajstić information content (AvgIpc) is 2.60. The summed E-state index contributed by atoms with van der Waals surface area (Å²) in [7, 11) is 0. The molecule has 26 heavy (non-hydrogen) atoms. The monoisotopic (exact) mass is 355 g/mol. The molecule has 0 saturated carbocycles. The van der Waals surface area contributed by atoms with Gasteiger partial charge in [0.1, 0.15) is 5.75 Å². The van der Waals surface area contributed by atoms with Crippen LogP contribution in [0.5, 0.6) is 5.75 Å². The topological polar surface area (TPSA) is 79.5 Å². The third-order valence-electron chi connectivity index (χ3n) is 3.40. The van der Waals surface area contributed by atoms with E-state index >= 15 is 0 Å². The summed E-state index contributed by atoms with van der Waals surface area (Å²) in [5.41, 5.74) is 1.89. The lowest BCUT2D eigenvalue weighted by Gasteiger charge is -2.12. The summed E-state index contributed by atoms with van der Waals surface area (Å²) < 4.78 is 5.63. The van der Waals surface area contributed by atoms with Crippen LogP contribution in [-0.4, -0.2) is 31.0 Å². The molecule has 0 aliphatic rings. The molecule has 3 N–H and O–H groups in total. The molecule has 0 spiro atoms. The van der Waals surface area contributed by atoms with Gasteiger partial charge in [0.25, 0.3) is 5.91 Å². The molecule has 0 fully saturated rings. The van der Waals surface area contributed by atoms with Gasteiger partial charge < -0.3 is 20.7 Å².